The van der Waals surface area contributed by atoms with Crippen molar-refractivity contribution in [1.82, 2.24) is 20.6 Å². The molecule has 0 aliphatic heterocycles. The van der Waals surface area contributed by atoms with Crippen molar-refractivity contribution in [2.24, 2.45) is 5.10 Å². The number of amides is 1. The molecule has 3 N–H and O–H groups in total. The van der Waals surface area contributed by atoms with Crippen LogP contribution in [0, 0.1) is 0 Å². The van der Waals surface area contributed by atoms with Gasteiger partial charge >= 0.3 is 5.69 Å². The first-order valence-electron chi connectivity index (χ1n) is 7.47. The predicted octanol–water partition coefficient (Wildman–Crippen LogP) is 0.865. The lowest BCUT2D eigenvalue weighted by atomic mass is 10.2. The van der Waals surface area contributed by atoms with Crippen molar-refractivity contribution in [3.63, 3.8) is 0 Å². The van der Waals surface area contributed by atoms with Gasteiger partial charge in [0.15, 0.2) is 5.75 Å². The van der Waals surface area contributed by atoms with Crippen molar-refractivity contribution < 1.29 is 14.3 Å². The van der Waals surface area contributed by atoms with E-state index in [-0.39, 0.29) is 40.1 Å². The molecule has 0 saturated carbocycles. The maximum Gasteiger partial charge on any atom is 0.342 e. The molecule has 2 rings (SSSR count). The lowest BCUT2D eigenvalue weighted by molar-refractivity contribution is -0.121. The molecule has 0 spiro atoms. The van der Waals surface area contributed by atoms with E-state index in [9.17, 15) is 14.4 Å². The third-order valence-corrected chi connectivity index (χ3v) is 3.96. The summed E-state index contributed by atoms with van der Waals surface area (Å²) in [6.07, 6.45) is 1.26. The minimum Gasteiger partial charge on any atom is -0.494 e. The number of methoxy groups -OCH3 is 2. The van der Waals surface area contributed by atoms with Crippen LogP contribution in [-0.4, -0.2) is 41.5 Å². The number of aryl methyl sites for hydroxylation is 1. The monoisotopic (exact) mass is 415 g/mol. The maximum absolute atomic E-state index is 11.8. The summed E-state index contributed by atoms with van der Waals surface area (Å²) in [6, 6.07) is 1.52. The summed E-state index contributed by atoms with van der Waals surface area (Å²) in [4.78, 5) is 36.2. The number of aromatic nitrogens is 3. The number of H-pyrrole nitrogens is 2. The summed E-state index contributed by atoms with van der Waals surface area (Å²) in [5.41, 5.74) is 1.38. The minimum atomic E-state index is -0.719. The number of carbonyl (C=O) groups excluding carboxylic acids is 1. The van der Waals surface area contributed by atoms with E-state index in [1.807, 2.05) is 4.98 Å². The van der Waals surface area contributed by atoms with Crippen LogP contribution in [0.15, 0.2) is 20.8 Å². The van der Waals surface area contributed by atoms with Crippen molar-refractivity contribution in [2.45, 2.75) is 12.8 Å². The van der Waals surface area contributed by atoms with E-state index in [1.165, 1.54) is 26.5 Å². The molecule has 144 valence electrons. The van der Waals surface area contributed by atoms with Gasteiger partial charge < -0.3 is 9.47 Å². The minimum absolute atomic E-state index is 0.0248. The van der Waals surface area contributed by atoms with E-state index < -0.39 is 17.2 Å². The van der Waals surface area contributed by atoms with Crippen LogP contribution in [0.2, 0.25) is 10.0 Å². The van der Waals surface area contributed by atoms with Gasteiger partial charge in [0, 0.05) is 18.4 Å². The quantitative estimate of drug-likeness (QED) is 0.452. The maximum atomic E-state index is 11.8. The lowest BCUT2D eigenvalue weighted by Crippen LogP contribution is -2.28. The zero-order chi connectivity index (χ0) is 20.0. The van der Waals surface area contributed by atoms with Crippen molar-refractivity contribution in [2.75, 3.05) is 14.2 Å². The van der Waals surface area contributed by atoms with Gasteiger partial charge in [-0.15, -0.1) is 0 Å². The number of benzene rings is 1. The third kappa shape index (κ3) is 5.08. The molecule has 1 aromatic heterocycles. The molecule has 0 unspecified atom stereocenters. The lowest BCUT2D eigenvalue weighted by Gasteiger charge is -2.12. The fourth-order valence-corrected chi connectivity index (χ4v) is 2.80. The molecule has 1 amide bonds. The Morgan fingerprint density at radius 3 is 2.63 bits per heavy atom. The SMILES string of the molecule is COc1c(Cl)cc(/C=N/NC(=O)CCc2n[nH]c(=O)[nH]c2=O)c(OC)c1Cl. The first-order chi connectivity index (χ1) is 12.9. The van der Waals surface area contributed by atoms with Crippen LogP contribution < -0.4 is 26.1 Å². The van der Waals surface area contributed by atoms with Crippen molar-refractivity contribution in [1.29, 1.82) is 0 Å². The first-order valence-corrected chi connectivity index (χ1v) is 8.22. The molecule has 0 radical (unpaired) electrons. The number of nitrogens with zero attached hydrogens (tertiary/aromatic N) is 2. The van der Waals surface area contributed by atoms with E-state index in [0.29, 0.717) is 5.56 Å². The molecule has 0 aliphatic rings. The second kappa shape index (κ2) is 9.19. The molecular weight excluding hydrogens is 401 g/mol. The second-order valence-electron chi connectivity index (χ2n) is 5.07. The molecule has 0 saturated heterocycles. The van der Waals surface area contributed by atoms with Crippen molar-refractivity contribution in [3.8, 4) is 11.5 Å². The number of ether oxygens (including phenoxy) is 2. The number of carbonyl (C=O) groups is 1. The Morgan fingerprint density at radius 1 is 1.30 bits per heavy atom. The molecule has 0 aliphatic carbocycles. The van der Waals surface area contributed by atoms with Gasteiger partial charge in [-0.05, 0) is 6.07 Å². The second-order valence-corrected chi connectivity index (χ2v) is 5.86. The number of hydrogen-bond acceptors (Lipinski definition) is 7. The highest BCUT2D eigenvalue weighted by molar-refractivity contribution is 6.38. The number of rotatable bonds is 7. The van der Waals surface area contributed by atoms with Crippen LogP contribution in [0.3, 0.4) is 0 Å². The van der Waals surface area contributed by atoms with Crippen molar-refractivity contribution >= 4 is 35.3 Å². The normalized spacial score (nSPS) is 10.8. The van der Waals surface area contributed by atoms with Gasteiger partial charge in [0.2, 0.25) is 5.91 Å². The zero-order valence-electron chi connectivity index (χ0n) is 14.3. The third-order valence-electron chi connectivity index (χ3n) is 3.33. The van der Waals surface area contributed by atoms with Gasteiger partial charge in [-0.2, -0.15) is 10.2 Å². The standard InChI is InChI=1S/C15H15Cl2N5O5/c1-26-12-7(5-8(16)13(27-2)11(12)17)6-18-21-10(23)4-3-9-14(24)19-15(25)22-20-9/h5-6H,3-4H2,1-2H3,(H,21,23)(H2,19,22,24,25)/b18-6+. The summed E-state index contributed by atoms with van der Waals surface area (Å²) in [5.74, 6) is 0.0678. The summed E-state index contributed by atoms with van der Waals surface area (Å²) in [7, 11) is 2.84. The Kier molecular flexibility index (Phi) is 6.97. The largest absolute Gasteiger partial charge is 0.494 e. The van der Waals surface area contributed by atoms with Crippen molar-refractivity contribution in [3.05, 3.63) is 48.2 Å². The van der Waals surface area contributed by atoms with E-state index in [0.717, 1.165) is 0 Å². The van der Waals surface area contributed by atoms with Crippen LogP contribution in [-0.2, 0) is 11.2 Å². The topological polar surface area (TPSA) is 139 Å². The van der Waals surface area contributed by atoms with E-state index in [2.05, 4.69) is 20.7 Å². The number of nitrogens with one attached hydrogen (secondary N) is 3. The Morgan fingerprint density at radius 2 is 2.00 bits per heavy atom. The Bertz CT molecular complexity index is 986. The van der Waals surface area contributed by atoms with Gasteiger partial charge in [0.05, 0.1) is 25.5 Å². The van der Waals surface area contributed by atoms with Gasteiger partial charge in [-0.1, -0.05) is 23.2 Å². The number of halogens is 2. The summed E-state index contributed by atoms with van der Waals surface area (Å²) in [5, 5.41) is 9.90. The average Bonchev–Trinajstić information content (AvgIpc) is 2.61. The Balaban J connectivity index is 2.03. The molecule has 10 nitrogen and oxygen atoms in total. The van der Waals surface area contributed by atoms with Gasteiger partial charge in [-0.25, -0.2) is 15.3 Å². The van der Waals surface area contributed by atoms with Gasteiger partial charge in [-0.3, -0.25) is 14.6 Å². The highest BCUT2D eigenvalue weighted by Gasteiger charge is 2.16. The van der Waals surface area contributed by atoms with Crippen LogP contribution in [0.25, 0.3) is 0 Å². The molecule has 1 heterocycles. The van der Waals surface area contributed by atoms with Gasteiger partial charge in [0.1, 0.15) is 16.5 Å². The van der Waals surface area contributed by atoms with E-state index in [1.54, 1.807) is 0 Å². The Hall–Kier alpha value is -2.85. The molecule has 12 heteroatoms. The molecule has 2 aromatic rings. The van der Waals surface area contributed by atoms with Crippen LogP contribution >= 0.6 is 23.2 Å². The molecule has 0 atom stereocenters. The summed E-state index contributed by atoms with van der Waals surface area (Å²) < 4.78 is 10.3. The highest BCUT2D eigenvalue weighted by atomic mass is 35.5. The summed E-state index contributed by atoms with van der Waals surface area (Å²) in [6.45, 7) is 0. The highest BCUT2D eigenvalue weighted by Crippen LogP contribution is 2.41. The molecular formula is C15H15Cl2N5O5. The Labute approximate surface area is 162 Å². The zero-order valence-corrected chi connectivity index (χ0v) is 15.8. The smallest absolute Gasteiger partial charge is 0.342 e. The van der Waals surface area contributed by atoms with Crippen LogP contribution in [0.1, 0.15) is 17.7 Å². The molecule has 0 fully saturated rings. The van der Waals surface area contributed by atoms with Crippen LogP contribution in [0.5, 0.6) is 11.5 Å². The fourth-order valence-electron chi connectivity index (χ4n) is 2.10. The molecule has 0 bridgehead atoms. The average molecular weight is 416 g/mol. The fraction of sp³-hybridized carbons (Fsp3) is 0.267. The summed E-state index contributed by atoms with van der Waals surface area (Å²) >= 11 is 12.2. The molecule has 1 aromatic carbocycles. The molecule has 27 heavy (non-hydrogen) atoms. The van der Waals surface area contributed by atoms with Crippen LogP contribution in [0.4, 0.5) is 0 Å². The number of aromatic amines is 2. The number of hydrazone groups is 1. The first kappa shape index (κ1) is 20.5. The van der Waals surface area contributed by atoms with E-state index in [4.69, 9.17) is 32.7 Å². The predicted molar refractivity (Wildman–Crippen MR) is 99.1 cm³/mol. The number of hydrogen-bond donors (Lipinski definition) is 3. The van der Waals surface area contributed by atoms with E-state index >= 15 is 0 Å². The van der Waals surface area contributed by atoms with Gasteiger partial charge in [0.25, 0.3) is 5.56 Å².